The summed E-state index contributed by atoms with van der Waals surface area (Å²) < 4.78 is 0. The van der Waals surface area contributed by atoms with Crippen molar-refractivity contribution >= 4 is 17.6 Å². The molecular weight excluding hydrogens is 194 g/mol. The van der Waals surface area contributed by atoms with E-state index in [9.17, 15) is 9.59 Å². The van der Waals surface area contributed by atoms with Crippen LogP contribution in [0.5, 0.6) is 0 Å². The van der Waals surface area contributed by atoms with E-state index in [4.69, 9.17) is 5.11 Å². The molecule has 1 aromatic carbocycles. The number of hydrogen-bond donors (Lipinski definition) is 2. The van der Waals surface area contributed by atoms with Crippen molar-refractivity contribution in [3.8, 4) is 0 Å². The number of carbonyl (C=O) groups excluding carboxylic acids is 1. The first-order valence-electron chi connectivity index (χ1n) is 4.81. The molecule has 2 N–H and O–H groups in total. The Bertz CT molecular complexity index is 393. The van der Waals surface area contributed by atoms with Crippen LogP contribution >= 0.6 is 0 Å². The summed E-state index contributed by atoms with van der Waals surface area (Å²) in [6.45, 7) is 0. The maximum Gasteiger partial charge on any atom is 0.335 e. The minimum absolute atomic E-state index is 0.0260. The van der Waals surface area contributed by atoms with Crippen LogP contribution in [0, 0.1) is 5.92 Å². The van der Waals surface area contributed by atoms with Crippen LogP contribution in [0.4, 0.5) is 5.69 Å². The highest BCUT2D eigenvalue weighted by atomic mass is 16.4. The molecule has 1 saturated carbocycles. The van der Waals surface area contributed by atoms with Crippen LogP contribution in [0.25, 0.3) is 0 Å². The van der Waals surface area contributed by atoms with Gasteiger partial charge < -0.3 is 10.4 Å². The van der Waals surface area contributed by atoms with Gasteiger partial charge in [0.15, 0.2) is 0 Å². The summed E-state index contributed by atoms with van der Waals surface area (Å²) >= 11 is 0. The molecule has 0 atom stereocenters. The maximum atomic E-state index is 11.4. The molecule has 0 spiro atoms. The van der Waals surface area contributed by atoms with E-state index in [-0.39, 0.29) is 17.4 Å². The Balaban J connectivity index is 2.03. The van der Waals surface area contributed by atoms with Gasteiger partial charge in [-0.05, 0) is 37.1 Å². The number of anilines is 1. The smallest absolute Gasteiger partial charge is 0.335 e. The third kappa shape index (κ3) is 2.34. The van der Waals surface area contributed by atoms with Crippen LogP contribution in [0.1, 0.15) is 23.2 Å². The molecule has 1 aliphatic carbocycles. The lowest BCUT2D eigenvalue weighted by Gasteiger charge is -2.03. The summed E-state index contributed by atoms with van der Waals surface area (Å²) in [6.07, 6.45) is 1.91. The minimum atomic E-state index is -0.963. The summed E-state index contributed by atoms with van der Waals surface area (Å²) in [5.41, 5.74) is 0.872. The third-order valence-electron chi connectivity index (χ3n) is 2.35. The Labute approximate surface area is 86.9 Å². The van der Waals surface area contributed by atoms with E-state index in [1.54, 1.807) is 12.1 Å². The summed E-state index contributed by atoms with van der Waals surface area (Å²) in [5.74, 6) is -0.780. The largest absolute Gasteiger partial charge is 0.478 e. The zero-order valence-electron chi connectivity index (χ0n) is 8.06. The van der Waals surface area contributed by atoms with E-state index >= 15 is 0 Å². The highest BCUT2D eigenvalue weighted by Gasteiger charge is 2.29. The quantitative estimate of drug-likeness (QED) is 0.789. The van der Waals surface area contributed by atoms with Crippen molar-refractivity contribution in [2.24, 2.45) is 5.92 Å². The molecule has 78 valence electrons. The molecule has 0 saturated heterocycles. The van der Waals surface area contributed by atoms with Gasteiger partial charge in [-0.2, -0.15) is 0 Å². The molecule has 0 aromatic heterocycles. The summed E-state index contributed by atoms with van der Waals surface area (Å²) in [6, 6.07) is 6.16. The molecule has 1 amide bonds. The van der Waals surface area contributed by atoms with E-state index < -0.39 is 5.97 Å². The molecule has 4 nitrogen and oxygen atoms in total. The SMILES string of the molecule is O=C(O)c1ccc(NC(=O)C2CC2)cc1. The number of carboxylic acid groups (broad SMARTS) is 1. The molecule has 1 aliphatic rings. The molecule has 0 unspecified atom stereocenters. The zero-order valence-corrected chi connectivity index (χ0v) is 8.06. The van der Waals surface area contributed by atoms with E-state index in [0.717, 1.165) is 12.8 Å². The topological polar surface area (TPSA) is 66.4 Å². The highest BCUT2D eigenvalue weighted by Crippen LogP contribution is 2.30. The molecule has 1 aromatic rings. The molecule has 1 fully saturated rings. The second-order valence-electron chi connectivity index (χ2n) is 3.65. The highest BCUT2D eigenvalue weighted by molar-refractivity contribution is 5.94. The molecular formula is C11H11NO3. The molecule has 15 heavy (non-hydrogen) atoms. The second-order valence-corrected chi connectivity index (χ2v) is 3.65. The Hall–Kier alpha value is -1.84. The van der Waals surface area contributed by atoms with Crippen LogP contribution in [0.15, 0.2) is 24.3 Å². The van der Waals surface area contributed by atoms with Crippen molar-refractivity contribution in [3.05, 3.63) is 29.8 Å². The number of carboxylic acids is 1. The molecule has 4 heteroatoms. The lowest BCUT2D eigenvalue weighted by Crippen LogP contribution is -2.13. The number of aromatic carboxylic acids is 1. The van der Waals surface area contributed by atoms with Gasteiger partial charge in [-0.15, -0.1) is 0 Å². The monoisotopic (exact) mass is 205 g/mol. The van der Waals surface area contributed by atoms with Crippen molar-refractivity contribution < 1.29 is 14.7 Å². The number of hydrogen-bond acceptors (Lipinski definition) is 2. The average Bonchev–Trinajstić information content (AvgIpc) is 3.01. The van der Waals surface area contributed by atoms with Gasteiger partial charge in [-0.1, -0.05) is 0 Å². The van der Waals surface area contributed by atoms with Gasteiger partial charge in [0, 0.05) is 11.6 Å². The first-order chi connectivity index (χ1) is 7.16. The minimum Gasteiger partial charge on any atom is -0.478 e. The Morgan fingerprint density at radius 3 is 2.27 bits per heavy atom. The van der Waals surface area contributed by atoms with Gasteiger partial charge in [-0.25, -0.2) is 4.79 Å². The third-order valence-corrected chi connectivity index (χ3v) is 2.35. The molecule has 0 heterocycles. The van der Waals surface area contributed by atoms with Gasteiger partial charge in [-0.3, -0.25) is 4.79 Å². The lowest BCUT2D eigenvalue weighted by atomic mass is 10.2. The first-order valence-corrected chi connectivity index (χ1v) is 4.81. The van der Waals surface area contributed by atoms with Crippen LogP contribution in [0.2, 0.25) is 0 Å². The number of nitrogens with one attached hydrogen (secondary N) is 1. The fourth-order valence-electron chi connectivity index (χ4n) is 1.29. The van der Waals surface area contributed by atoms with Crippen molar-refractivity contribution in [1.29, 1.82) is 0 Å². The van der Waals surface area contributed by atoms with Gasteiger partial charge in [0.25, 0.3) is 0 Å². The number of rotatable bonds is 3. The Morgan fingerprint density at radius 1 is 1.20 bits per heavy atom. The number of carbonyl (C=O) groups is 2. The normalized spacial score (nSPS) is 14.7. The van der Waals surface area contributed by atoms with Crippen LogP contribution in [0.3, 0.4) is 0 Å². The molecule has 0 radical (unpaired) electrons. The van der Waals surface area contributed by atoms with E-state index in [0.29, 0.717) is 5.69 Å². The van der Waals surface area contributed by atoms with Gasteiger partial charge in [0.05, 0.1) is 5.56 Å². The van der Waals surface area contributed by atoms with Crippen molar-refractivity contribution in [3.63, 3.8) is 0 Å². The predicted molar refractivity (Wildman–Crippen MR) is 54.8 cm³/mol. The standard InChI is InChI=1S/C11H11NO3/c13-10(7-1-2-7)12-9-5-3-8(4-6-9)11(14)15/h3-7H,1-2H2,(H,12,13)(H,14,15). The first kappa shape index (κ1) is 9.71. The fraction of sp³-hybridized carbons (Fsp3) is 0.273. The summed E-state index contributed by atoms with van der Waals surface area (Å²) in [7, 11) is 0. The van der Waals surface area contributed by atoms with Crippen LogP contribution < -0.4 is 5.32 Å². The number of amides is 1. The molecule has 0 bridgehead atoms. The Morgan fingerprint density at radius 2 is 1.80 bits per heavy atom. The maximum absolute atomic E-state index is 11.4. The Kier molecular flexibility index (Phi) is 2.41. The number of benzene rings is 1. The molecule has 0 aliphatic heterocycles. The molecule has 2 rings (SSSR count). The van der Waals surface area contributed by atoms with E-state index in [1.807, 2.05) is 0 Å². The van der Waals surface area contributed by atoms with Crippen LogP contribution in [-0.4, -0.2) is 17.0 Å². The van der Waals surface area contributed by atoms with Gasteiger partial charge in [0.2, 0.25) is 5.91 Å². The fourth-order valence-corrected chi connectivity index (χ4v) is 1.29. The second kappa shape index (κ2) is 3.73. The van der Waals surface area contributed by atoms with E-state index in [1.165, 1.54) is 12.1 Å². The zero-order chi connectivity index (χ0) is 10.8. The lowest BCUT2D eigenvalue weighted by molar-refractivity contribution is -0.117. The van der Waals surface area contributed by atoms with Crippen LogP contribution in [-0.2, 0) is 4.79 Å². The van der Waals surface area contributed by atoms with Crippen molar-refractivity contribution in [1.82, 2.24) is 0 Å². The van der Waals surface area contributed by atoms with E-state index in [2.05, 4.69) is 5.32 Å². The predicted octanol–water partition coefficient (Wildman–Crippen LogP) is 1.73. The van der Waals surface area contributed by atoms with Crippen molar-refractivity contribution in [2.45, 2.75) is 12.8 Å². The van der Waals surface area contributed by atoms with Crippen molar-refractivity contribution in [2.75, 3.05) is 5.32 Å². The average molecular weight is 205 g/mol. The van der Waals surface area contributed by atoms with Gasteiger partial charge >= 0.3 is 5.97 Å². The summed E-state index contributed by atoms with van der Waals surface area (Å²) in [5, 5.41) is 11.4. The van der Waals surface area contributed by atoms with Gasteiger partial charge in [0.1, 0.15) is 0 Å². The summed E-state index contributed by atoms with van der Waals surface area (Å²) in [4.78, 5) is 21.9.